The Morgan fingerprint density at radius 3 is 1.73 bits per heavy atom. The van der Waals surface area contributed by atoms with Gasteiger partial charge >= 0.3 is 0 Å². The monoisotopic (exact) mass is 308 g/mol. The first-order chi connectivity index (χ1) is 10.6. The van der Waals surface area contributed by atoms with Crippen LogP contribution in [0.2, 0.25) is 0 Å². The molecule has 0 aromatic rings. The van der Waals surface area contributed by atoms with E-state index in [9.17, 15) is 4.79 Å². The molecule has 0 spiro atoms. The lowest BCUT2D eigenvalue weighted by atomic mass is 9.69. The molecule has 3 nitrogen and oxygen atoms in total. The molecule has 1 saturated heterocycles. The quantitative estimate of drug-likeness (QED) is 0.733. The number of aldehydes is 1. The molecule has 2 aliphatic carbocycles. The highest BCUT2D eigenvalue weighted by Crippen LogP contribution is 2.43. The molecule has 0 aromatic heterocycles. The second-order valence-electron chi connectivity index (χ2n) is 8.64. The summed E-state index contributed by atoms with van der Waals surface area (Å²) in [5, 5.41) is 0. The summed E-state index contributed by atoms with van der Waals surface area (Å²) in [6, 6.07) is 0. The van der Waals surface area contributed by atoms with Crippen LogP contribution >= 0.6 is 0 Å². The van der Waals surface area contributed by atoms with Crippen molar-refractivity contribution < 1.29 is 14.3 Å². The van der Waals surface area contributed by atoms with Crippen molar-refractivity contribution >= 4 is 6.29 Å². The maximum absolute atomic E-state index is 10.9. The first-order valence-corrected chi connectivity index (χ1v) is 9.26. The number of rotatable bonds is 3. The van der Waals surface area contributed by atoms with E-state index < -0.39 is 0 Å². The Balaban J connectivity index is 1.42. The van der Waals surface area contributed by atoms with Crippen molar-refractivity contribution in [3.8, 4) is 0 Å². The van der Waals surface area contributed by atoms with Crippen molar-refractivity contribution in [2.75, 3.05) is 13.2 Å². The highest BCUT2D eigenvalue weighted by molar-refractivity contribution is 5.53. The van der Waals surface area contributed by atoms with Crippen LogP contribution in [0.4, 0.5) is 0 Å². The third-order valence-electron chi connectivity index (χ3n) is 6.15. The lowest BCUT2D eigenvalue weighted by molar-refractivity contribution is -0.247. The minimum atomic E-state index is 0.0415. The Hall–Kier alpha value is -0.410. The van der Waals surface area contributed by atoms with Crippen LogP contribution in [-0.2, 0) is 14.3 Å². The van der Waals surface area contributed by atoms with Gasteiger partial charge in [-0.1, -0.05) is 13.8 Å². The van der Waals surface area contributed by atoms with Crippen LogP contribution in [0.3, 0.4) is 0 Å². The van der Waals surface area contributed by atoms with Crippen molar-refractivity contribution in [2.24, 2.45) is 29.1 Å². The first kappa shape index (κ1) is 16.4. The number of hydrogen-bond acceptors (Lipinski definition) is 3. The summed E-state index contributed by atoms with van der Waals surface area (Å²) in [7, 11) is 0. The molecule has 0 N–H and O–H groups in total. The third kappa shape index (κ3) is 3.91. The second-order valence-corrected chi connectivity index (χ2v) is 8.64. The average Bonchev–Trinajstić information content (AvgIpc) is 2.55. The van der Waals surface area contributed by atoms with E-state index in [1.807, 2.05) is 0 Å². The van der Waals surface area contributed by atoms with Crippen molar-refractivity contribution in [3.05, 3.63) is 0 Å². The van der Waals surface area contributed by atoms with E-state index in [0.29, 0.717) is 11.8 Å². The van der Waals surface area contributed by atoms with Crippen LogP contribution in [-0.4, -0.2) is 25.8 Å². The summed E-state index contributed by atoms with van der Waals surface area (Å²) < 4.78 is 12.0. The van der Waals surface area contributed by atoms with Gasteiger partial charge in [0.2, 0.25) is 0 Å². The third-order valence-corrected chi connectivity index (χ3v) is 6.15. The molecule has 1 aliphatic heterocycles. The van der Waals surface area contributed by atoms with Crippen LogP contribution in [0.15, 0.2) is 0 Å². The zero-order valence-corrected chi connectivity index (χ0v) is 14.3. The fraction of sp³-hybridized carbons (Fsp3) is 0.947. The molecule has 3 rings (SSSR count). The van der Waals surface area contributed by atoms with Gasteiger partial charge in [0, 0.05) is 17.3 Å². The molecular formula is C19H32O3. The fourth-order valence-electron chi connectivity index (χ4n) is 4.62. The van der Waals surface area contributed by atoms with Gasteiger partial charge in [-0.2, -0.15) is 0 Å². The summed E-state index contributed by atoms with van der Waals surface area (Å²) >= 11 is 0. The number of hydrogen-bond donors (Lipinski definition) is 0. The Morgan fingerprint density at radius 2 is 1.23 bits per heavy atom. The average molecular weight is 308 g/mol. The lowest BCUT2D eigenvalue weighted by Gasteiger charge is -2.42. The van der Waals surface area contributed by atoms with E-state index in [2.05, 4.69) is 13.8 Å². The van der Waals surface area contributed by atoms with E-state index >= 15 is 0 Å². The van der Waals surface area contributed by atoms with E-state index in [0.717, 1.165) is 37.9 Å². The van der Waals surface area contributed by atoms with Gasteiger partial charge in [-0.15, -0.1) is 0 Å². The van der Waals surface area contributed by atoms with Crippen molar-refractivity contribution in [3.63, 3.8) is 0 Å². The maximum Gasteiger partial charge on any atom is 0.160 e. The van der Waals surface area contributed by atoms with Crippen LogP contribution < -0.4 is 0 Å². The predicted octanol–water partition coefficient (Wildman–Crippen LogP) is 4.20. The number of ether oxygens (including phenoxy) is 2. The second kappa shape index (κ2) is 7.00. The predicted molar refractivity (Wildman–Crippen MR) is 86.4 cm³/mol. The summed E-state index contributed by atoms with van der Waals surface area (Å²) in [6.07, 6.45) is 11.2. The molecule has 3 fully saturated rings. The topological polar surface area (TPSA) is 35.5 Å². The molecule has 0 bridgehead atoms. The van der Waals surface area contributed by atoms with Gasteiger partial charge in [-0.3, -0.25) is 0 Å². The van der Waals surface area contributed by atoms with Gasteiger partial charge < -0.3 is 14.3 Å². The molecule has 0 aromatic carbocycles. The Morgan fingerprint density at radius 1 is 0.773 bits per heavy atom. The molecule has 22 heavy (non-hydrogen) atoms. The van der Waals surface area contributed by atoms with Crippen LogP contribution in [0, 0.1) is 29.1 Å². The molecular weight excluding hydrogens is 276 g/mol. The van der Waals surface area contributed by atoms with Crippen LogP contribution in [0.25, 0.3) is 0 Å². The van der Waals surface area contributed by atoms with E-state index in [4.69, 9.17) is 9.47 Å². The van der Waals surface area contributed by atoms with E-state index in [1.54, 1.807) is 0 Å². The molecule has 3 heteroatoms. The van der Waals surface area contributed by atoms with E-state index in [-0.39, 0.29) is 11.7 Å². The number of carbonyl (C=O) groups excluding carboxylic acids is 1. The van der Waals surface area contributed by atoms with Gasteiger partial charge in [0.05, 0.1) is 13.2 Å². The maximum atomic E-state index is 10.9. The smallest absolute Gasteiger partial charge is 0.160 e. The Kier molecular flexibility index (Phi) is 5.24. The molecule has 0 unspecified atom stereocenters. The highest BCUT2D eigenvalue weighted by Gasteiger charge is 2.37. The van der Waals surface area contributed by atoms with Gasteiger partial charge in [0.1, 0.15) is 6.29 Å². The van der Waals surface area contributed by atoms with Crippen LogP contribution in [0.5, 0.6) is 0 Å². The van der Waals surface area contributed by atoms with E-state index in [1.165, 1.54) is 44.8 Å². The highest BCUT2D eigenvalue weighted by atomic mass is 16.7. The standard InChI is InChI=1S/C19H32O3/c1-19(2)12-21-18(22-13-19)17-9-7-16(8-10-17)15-5-3-14(11-20)4-6-15/h11,14-18H,3-10,12-13H2,1-2H3. The molecule has 0 atom stereocenters. The molecule has 0 radical (unpaired) electrons. The van der Waals surface area contributed by atoms with Gasteiger partial charge in [-0.05, 0) is 63.2 Å². The SMILES string of the molecule is CC1(C)COC(C2CCC(C3CCC(C=O)CC3)CC2)OC1. The van der Waals surface area contributed by atoms with Gasteiger partial charge in [0.25, 0.3) is 0 Å². The first-order valence-electron chi connectivity index (χ1n) is 9.26. The zero-order valence-electron chi connectivity index (χ0n) is 14.3. The largest absolute Gasteiger partial charge is 0.352 e. The number of carbonyl (C=O) groups is 1. The Labute approximate surface area is 135 Å². The normalized spacial score (nSPS) is 40.3. The molecule has 0 amide bonds. The van der Waals surface area contributed by atoms with Crippen molar-refractivity contribution in [1.29, 1.82) is 0 Å². The summed E-state index contributed by atoms with van der Waals surface area (Å²) in [4.78, 5) is 10.9. The molecule has 1 heterocycles. The van der Waals surface area contributed by atoms with Crippen LogP contribution in [0.1, 0.15) is 65.2 Å². The summed E-state index contributed by atoms with van der Waals surface area (Å²) in [6.45, 7) is 6.06. The minimum absolute atomic E-state index is 0.0415. The fourth-order valence-corrected chi connectivity index (χ4v) is 4.62. The summed E-state index contributed by atoms with van der Waals surface area (Å²) in [5.74, 6) is 2.69. The zero-order chi connectivity index (χ0) is 15.6. The molecule has 2 saturated carbocycles. The van der Waals surface area contributed by atoms with Crippen molar-refractivity contribution in [1.82, 2.24) is 0 Å². The molecule has 3 aliphatic rings. The minimum Gasteiger partial charge on any atom is -0.352 e. The lowest BCUT2D eigenvalue weighted by Crippen LogP contribution is -2.42. The van der Waals surface area contributed by atoms with Crippen molar-refractivity contribution in [2.45, 2.75) is 71.5 Å². The van der Waals surface area contributed by atoms with Gasteiger partial charge in [0.15, 0.2) is 6.29 Å². The van der Waals surface area contributed by atoms with Gasteiger partial charge in [-0.25, -0.2) is 0 Å². The summed E-state index contributed by atoms with van der Waals surface area (Å²) in [5.41, 5.74) is 0.172. The molecule has 126 valence electrons. The Bertz CT molecular complexity index is 353.